The van der Waals surface area contributed by atoms with E-state index < -0.39 is 68.5 Å². The molecule has 0 heterocycles. The van der Waals surface area contributed by atoms with Crippen LogP contribution in [0.5, 0.6) is 0 Å². The lowest BCUT2D eigenvalue weighted by atomic mass is 9.35. The minimum Gasteiger partial charge on any atom is -0.743 e. The Hall–Kier alpha value is -0.910. The number of halogens is 3. The third-order valence-corrected chi connectivity index (χ3v) is 9.35. The quantitative estimate of drug-likeness (QED) is 0.400. The lowest BCUT2D eigenvalue weighted by molar-refractivity contribution is -0.266. The van der Waals surface area contributed by atoms with Crippen LogP contribution in [-0.4, -0.2) is 58.4 Å². The molecule has 0 saturated heterocycles. The normalized spacial score (nSPS) is 36.2. The fourth-order valence-electron chi connectivity index (χ4n) is 6.82. The molecule has 2 N–H and O–H groups in total. The van der Waals surface area contributed by atoms with Gasteiger partial charge in [-0.25, -0.2) is 12.8 Å². The molecule has 32 heavy (non-hydrogen) atoms. The van der Waals surface area contributed by atoms with E-state index in [9.17, 15) is 41.1 Å². The van der Waals surface area contributed by atoms with Crippen LogP contribution < -0.4 is 0 Å². The monoisotopic (exact) mass is 485 g/mol. The van der Waals surface area contributed by atoms with E-state index in [2.05, 4.69) is 0 Å². The summed E-state index contributed by atoms with van der Waals surface area (Å²) in [6.45, 7) is 5.86. The number of alkyl halides is 3. The van der Waals surface area contributed by atoms with Gasteiger partial charge in [-0.2, -0.15) is 8.78 Å². The van der Waals surface area contributed by atoms with Gasteiger partial charge in [-0.05, 0) is 77.0 Å². The van der Waals surface area contributed by atoms with Crippen LogP contribution in [0.2, 0.25) is 0 Å². The number of carbonyl (C=O) groups excluding carboxylic acids is 1. The van der Waals surface area contributed by atoms with Crippen molar-refractivity contribution in [2.75, 3.05) is 6.61 Å². The molecule has 0 amide bonds. The highest BCUT2D eigenvalue weighted by Crippen LogP contribution is 2.72. The fraction of sp³-hybridized carbons (Fsp3) is 0.952. The zero-order chi connectivity index (χ0) is 24.5. The van der Waals surface area contributed by atoms with E-state index in [4.69, 9.17) is 4.74 Å². The smallest absolute Gasteiger partial charge is 0.364 e. The van der Waals surface area contributed by atoms with Gasteiger partial charge in [0.15, 0.2) is 16.3 Å². The highest BCUT2D eigenvalue weighted by atomic mass is 32.2. The Balaban J connectivity index is 1.80. The topological polar surface area (TPSA) is 124 Å². The highest BCUT2D eigenvalue weighted by Gasteiger charge is 2.71. The number of carbonyl (C=O) groups is 1. The third-order valence-electron chi connectivity index (χ3n) is 8.43. The molecule has 4 rings (SSSR count). The Labute approximate surface area is 186 Å². The van der Waals surface area contributed by atoms with Gasteiger partial charge < -0.3 is 19.5 Å². The van der Waals surface area contributed by atoms with E-state index in [1.165, 1.54) is 0 Å². The summed E-state index contributed by atoms with van der Waals surface area (Å²) in [7, 11) is -6.19. The van der Waals surface area contributed by atoms with Crippen molar-refractivity contribution in [2.24, 2.45) is 28.6 Å². The molecular formula is C21H32F3O7S-. The summed E-state index contributed by atoms with van der Waals surface area (Å²) in [4.78, 5) is 13.1. The zero-order valence-corrected chi connectivity index (χ0v) is 19.6. The summed E-state index contributed by atoms with van der Waals surface area (Å²) in [6, 6.07) is 0. The third kappa shape index (κ3) is 3.86. The molecule has 0 aromatic heterocycles. The van der Waals surface area contributed by atoms with Gasteiger partial charge in [0, 0.05) is 11.8 Å². The van der Waals surface area contributed by atoms with Crippen molar-refractivity contribution in [3.8, 4) is 0 Å². The van der Waals surface area contributed by atoms with Gasteiger partial charge in [0.1, 0.15) is 0 Å². The maximum absolute atomic E-state index is 13.7. The average molecular weight is 486 g/mol. The number of ether oxygens (including phenoxy) is 1. The number of hydrogen-bond donors (Lipinski definition) is 2. The minimum absolute atomic E-state index is 0.203. The van der Waals surface area contributed by atoms with Crippen molar-refractivity contribution in [1.29, 1.82) is 0 Å². The molecule has 0 spiro atoms. The van der Waals surface area contributed by atoms with Gasteiger partial charge in [-0.3, -0.25) is 4.79 Å². The summed E-state index contributed by atoms with van der Waals surface area (Å²) in [6.07, 6.45) is -1.49. The lowest BCUT2D eigenvalue weighted by Gasteiger charge is -2.70. The maximum atomic E-state index is 13.7. The number of aliphatic hydroxyl groups is 2. The van der Waals surface area contributed by atoms with Crippen molar-refractivity contribution in [2.45, 2.75) is 88.8 Å². The molecule has 4 aliphatic rings. The van der Waals surface area contributed by atoms with Crippen LogP contribution in [0.1, 0.15) is 66.2 Å². The Morgan fingerprint density at radius 3 is 2.25 bits per heavy atom. The SMILES string of the molecule is CC(C)(O)C12CC3CC(C1)C(C(=O)OCCC(F)C(F)(F)S(=O)(=O)[O-])C(C(C)(C)O)(C3)C2. The first-order valence-corrected chi connectivity index (χ1v) is 12.3. The second-order valence-corrected chi connectivity index (χ2v) is 12.6. The van der Waals surface area contributed by atoms with E-state index in [1.807, 2.05) is 0 Å². The second-order valence-electron chi connectivity index (χ2n) is 11.1. The van der Waals surface area contributed by atoms with Gasteiger partial charge in [-0.15, -0.1) is 0 Å². The van der Waals surface area contributed by atoms with E-state index in [-0.39, 0.29) is 11.8 Å². The Kier molecular flexibility index (Phi) is 6.06. The van der Waals surface area contributed by atoms with E-state index >= 15 is 0 Å². The summed E-state index contributed by atoms with van der Waals surface area (Å²) < 4.78 is 77.2. The molecule has 4 aliphatic carbocycles. The predicted molar refractivity (Wildman–Crippen MR) is 106 cm³/mol. The summed E-state index contributed by atoms with van der Waals surface area (Å²) in [5, 5.41) is 17.0. The summed E-state index contributed by atoms with van der Waals surface area (Å²) in [5.41, 5.74) is -3.74. The molecule has 4 fully saturated rings. The molecule has 0 aromatic rings. The molecule has 7 nitrogen and oxygen atoms in total. The molecule has 4 saturated carbocycles. The van der Waals surface area contributed by atoms with E-state index in [0.29, 0.717) is 25.7 Å². The van der Waals surface area contributed by atoms with Crippen molar-refractivity contribution in [3.63, 3.8) is 0 Å². The molecule has 186 valence electrons. The van der Waals surface area contributed by atoms with Crippen LogP contribution in [0.3, 0.4) is 0 Å². The molecular weight excluding hydrogens is 453 g/mol. The van der Waals surface area contributed by atoms with Gasteiger partial charge in [-0.1, -0.05) is 0 Å². The van der Waals surface area contributed by atoms with Gasteiger partial charge in [0.05, 0.1) is 23.7 Å². The summed E-state index contributed by atoms with van der Waals surface area (Å²) >= 11 is 0. The molecule has 0 aromatic carbocycles. The first-order valence-electron chi connectivity index (χ1n) is 10.9. The fourth-order valence-corrected chi connectivity index (χ4v) is 7.25. The van der Waals surface area contributed by atoms with E-state index in [0.717, 1.165) is 6.42 Å². The summed E-state index contributed by atoms with van der Waals surface area (Å²) in [5.74, 6) is -1.52. The first-order chi connectivity index (χ1) is 14.3. The van der Waals surface area contributed by atoms with Crippen LogP contribution in [0, 0.1) is 28.6 Å². The second kappa shape index (κ2) is 7.55. The lowest BCUT2D eigenvalue weighted by Crippen LogP contribution is -2.69. The van der Waals surface area contributed by atoms with Crippen LogP contribution in [-0.2, 0) is 19.6 Å². The van der Waals surface area contributed by atoms with Gasteiger partial charge >= 0.3 is 11.2 Å². The Morgan fingerprint density at radius 1 is 1.16 bits per heavy atom. The number of rotatable bonds is 8. The van der Waals surface area contributed by atoms with Gasteiger partial charge in [0.25, 0.3) is 0 Å². The van der Waals surface area contributed by atoms with Crippen LogP contribution >= 0.6 is 0 Å². The zero-order valence-electron chi connectivity index (χ0n) is 18.7. The minimum atomic E-state index is -6.19. The Morgan fingerprint density at radius 2 is 1.75 bits per heavy atom. The first kappa shape index (κ1) is 25.7. The predicted octanol–water partition coefficient (Wildman–Crippen LogP) is 2.75. The van der Waals surface area contributed by atoms with Crippen molar-refractivity contribution in [1.82, 2.24) is 0 Å². The molecule has 0 radical (unpaired) electrons. The molecule has 11 heteroatoms. The average Bonchev–Trinajstić information content (AvgIpc) is 2.57. The van der Waals surface area contributed by atoms with E-state index in [1.54, 1.807) is 27.7 Å². The van der Waals surface area contributed by atoms with Crippen LogP contribution in [0.4, 0.5) is 13.2 Å². The Bertz CT molecular complexity index is 864. The van der Waals surface area contributed by atoms with Crippen LogP contribution in [0.25, 0.3) is 0 Å². The largest absolute Gasteiger partial charge is 0.743 e. The number of hydrogen-bond acceptors (Lipinski definition) is 7. The molecule has 6 atom stereocenters. The van der Waals surface area contributed by atoms with Gasteiger partial charge in [0.2, 0.25) is 0 Å². The molecule has 6 unspecified atom stereocenters. The van der Waals surface area contributed by atoms with Crippen molar-refractivity contribution in [3.05, 3.63) is 0 Å². The van der Waals surface area contributed by atoms with Crippen molar-refractivity contribution < 1.29 is 45.9 Å². The maximum Gasteiger partial charge on any atom is 0.364 e. The highest BCUT2D eigenvalue weighted by molar-refractivity contribution is 7.86. The van der Waals surface area contributed by atoms with Crippen LogP contribution in [0.15, 0.2) is 0 Å². The standard InChI is InChI=1S/C21H33F3O7S/c1-17(2,26)19-8-12-7-13(10-19)15(20(9-12,11-19)18(3,4)27)16(25)31-6-5-14(22)21(23,24)32(28,29)30/h12-15,26-27H,5-11H2,1-4H3,(H,28,29,30)/p-1. The molecule has 0 aliphatic heterocycles. The number of esters is 1. The van der Waals surface area contributed by atoms with Crippen molar-refractivity contribution >= 4 is 16.1 Å². The molecule has 4 bridgehead atoms.